The number of rotatable bonds is 1. The van der Waals surface area contributed by atoms with Crippen LogP contribution < -0.4 is 5.73 Å². The van der Waals surface area contributed by atoms with Crippen LogP contribution in [0.1, 0.15) is 12.8 Å². The molecule has 2 atom stereocenters. The molecule has 0 amide bonds. The van der Waals surface area contributed by atoms with Crippen molar-refractivity contribution >= 4 is 0 Å². The fraction of sp³-hybridized carbons (Fsp3) is 1.00. The van der Waals surface area contributed by atoms with Gasteiger partial charge in [-0.25, -0.2) is 0 Å². The molecule has 1 saturated heterocycles. The fourth-order valence-corrected chi connectivity index (χ4v) is 1.58. The summed E-state index contributed by atoms with van der Waals surface area (Å²) in [4.78, 5) is 2.30. The maximum absolute atomic E-state index is 9.28. The van der Waals surface area contributed by atoms with Crippen molar-refractivity contribution in [1.29, 1.82) is 0 Å². The highest BCUT2D eigenvalue weighted by atomic mass is 16.3. The van der Waals surface area contributed by atoms with Crippen molar-refractivity contribution in [1.82, 2.24) is 4.90 Å². The van der Waals surface area contributed by atoms with Crippen LogP contribution >= 0.6 is 0 Å². The van der Waals surface area contributed by atoms with Crippen LogP contribution in [0, 0.1) is 0 Å². The van der Waals surface area contributed by atoms with E-state index in [4.69, 9.17) is 5.73 Å². The summed E-state index contributed by atoms with van der Waals surface area (Å²) < 4.78 is 0. The van der Waals surface area contributed by atoms with Crippen molar-refractivity contribution in [3.63, 3.8) is 0 Å². The van der Waals surface area contributed by atoms with Gasteiger partial charge in [-0.3, -0.25) is 4.90 Å². The largest absolute Gasteiger partial charge is 0.390 e. The molecule has 1 aliphatic heterocycles. The van der Waals surface area contributed by atoms with Crippen molar-refractivity contribution < 1.29 is 5.11 Å². The highest BCUT2D eigenvalue weighted by Crippen LogP contribution is 2.29. The van der Waals surface area contributed by atoms with Crippen LogP contribution in [0.25, 0.3) is 0 Å². The Balaban J connectivity index is 1.90. The third-order valence-corrected chi connectivity index (χ3v) is 2.42. The molecule has 3 N–H and O–H groups in total. The zero-order valence-electron chi connectivity index (χ0n) is 6.03. The van der Waals surface area contributed by atoms with E-state index < -0.39 is 0 Å². The van der Waals surface area contributed by atoms with E-state index in [9.17, 15) is 5.11 Å². The first-order valence-electron chi connectivity index (χ1n) is 3.95. The topological polar surface area (TPSA) is 49.5 Å². The maximum Gasteiger partial charge on any atom is 0.0830 e. The predicted octanol–water partition coefficient (Wildman–Crippen LogP) is -0.847. The molecule has 0 aromatic heterocycles. The van der Waals surface area contributed by atoms with Crippen LogP contribution in [0.5, 0.6) is 0 Å². The number of hydrogen-bond acceptors (Lipinski definition) is 3. The van der Waals surface area contributed by atoms with Gasteiger partial charge in [-0.15, -0.1) is 0 Å². The van der Waals surface area contributed by atoms with Gasteiger partial charge in [0.1, 0.15) is 0 Å². The zero-order valence-corrected chi connectivity index (χ0v) is 6.03. The zero-order chi connectivity index (χ0) is 7.14. The summed E-state index contributed by atoms with van der Waals surface area (Å²) >= 11 is 0. The number of nitrogens with two attached hydrogens (primary N) is 1. The third kappa shape index (κ3) is 1.05. The number of likely N-dealkylation sites (tertiary alicyclic amines) is 1. The number of hydrogen-bond donors (Lipinski definition) is 2. The molecule has 0 aromatic carbocycles. The van der Waals surface area contributed by atoms with Gasteiger partial charge in [0.2, 0.25) is 0 Å². The Morgan fingerprint density at radius 1 is 1.30 bits per heavy atom. The summed E-state index contributed by atoms with van der Waals surface area (Å²) in [6.45, 7) is 1.69. The minimum absolute atomic E-state index is 0.000556. The Labute approximate surface area is 60.8 Å². The standard InChI is InChI=1S/C7H14N2O/c8-6-3-9(4-7(6)10)5-1-2-5/h5-7,10H,1-4,8H2. The predicted molar refractivity (Wildman–Crippen MR) is 38.6 cm³/mol. The molecule has 10 heavy (non-hydrogen) atoms. The Hall–Kier alpha value is -0.120. The van der Waals surface area contributed by atoms with Crippen LogP contribution in [0.3, 0.4) is 0 Å². The lowest BCUT2D eigenvalue weighted by Crippen LogP contribution is -2.32. The molecule has 3 nitrogen and oxygen atoms in total. The summed E-state index contributed by atoms with van der Waals surface area (Å²) in [5.74, 6) is 0. The minimum atomic E-state index is -0.277. The lowest BCUT2D eigenvalue weighted by atomic mass is 10.2. The van der Waals surface area contributed by atoms with Gasteiger partial charge in [-0.2, -0.15) is 0 Å². The van der Waals surface area contributed by atoms with E-state index in [1.54, 1.807) is 0 Å². The van der Waals surface area contributed by atoms with Gasteiger partial charge < -0.3 is 10.8 Å². The monoisotopic (exact) mass is 142 g/mol. The molecule has 0 spiro atoms. The van der Waals surface area contributed by atoms with Crippen molar-refractivity contribution in [2.45, 2.75) is 31.0 Å². The van der Waals surface area contributed by atoms with E-state index in [1.807, 2.05) is 0 Å². The van der Waals surface area contributed by atoms with Gasteiger partial charge in [-0.05, 0) is 12.8 Å². The second-order valence-electron chi connectivity index (χ2n) is 3.42. The van der Waals surface area contributed by atoms with E-state index in [0.29, 0.717) is 0 Å². The first kappa shape index (κ1) is 6.58. The van der Waals surface area contributed by atoms with Crippen LogP contribution in [-0.4, -0.2) is 41.3 Å². The number of β-amino-alcohol motifs (C(OH)–C–C–N with tert-alkyl or cyclic N) is 1. The van der Waals surface area contributed by atoms with E-state index >= 15 is 0 Å². The lowest BCUT2D eigenvalue weighted by Gasteiger charge is -2.11. The van der Waals surface area contributed by atoms with E-state index in [2.05, 4.69) is 4.90 Å². The SMILES string of the molecule is NC1CN(C2CC2)CC1O. The highest BCUT2D eigenvalue weighted by Gasteiger charge is 2.37. The second kappa shape index (κ2) is 2.19. The Kier molecular flexibility index (Phi) is 1.44. The van der Waals surface area contributed by atoms with Crippen molar-refractivity contribution in [3.8, 4) is 0 Å². The Bertz CT molecular complexity index is 126. The summed E-state index contributed by atoms with van der Waals surface area (Å²) in [5.41, 5.74) is 5.64. The molecule has 1 aliphatic carbocycles. The molecule has 0 aromatic rings. The average molecular weight is 142 g/mol. The molecule has 2 rings (SSSR count). The lowest BCUT2D eigenvalue weighted by molar-refractivity contribution is 0.164. The quantitative estimate of drug-likeness (QED) is 0.501. The highest BCUT2D eigenvalue weighted by molar-refractivity contribution is 4.94. The first-order valence-corrected chi connectivity index (χ1v) is 3.95. The molecule has 2 aliphatic rings. The number of nitrogens with zero attached hydrogens (tertiary/aromatic N) is 1. The molecule has 3 heteroatoms. The second-order valence-corrected chi connectivity index (χ2v) is 3.42. The van der Waals surface area contributed by atoms with Gasteiger partial charge >= 0.3 is 0 Å². The molecular weight excluding hydrogens is 128 g/mol. The molecule has 1 saturated carbocycles. The molecule has 0 bridgehead atoms. The van der Waals surface area contributed by atoms with Gasteiger partial charge in [0, 0.05) is 25.2 Å². The number of aliphatic hydroxyl groups is 1. The smallest absolute Gasteiger partial charge is 0.0830 e. The first-order chi connectivity index (χ1) is 4.77. The number of aliphatic hydroxyl groups excluding tert-OH is 1. The summed E-state index contributed by atoms with van der Waals surface area (Å²) in [7, 11) is 0. The van der Waals surface area contributed by atoms with E-state index in [0.717, 1.165) is 19.1 Å². The average Bonchev–Trinajstić information content (AvgIpc) is 2.64. The summed E-state index contributed by atoms with van der Waals surface area (Å²) in [6, 6.07) is 0.754. The van der Waals surface area contributed by atoms with Crippen LogP contribution in [-0.2, 0) is 0 Å². The van der Waals surface area contributed by atoms with Gasteiger partial charge in [0.05, 0.1) is 6.10 Å². The van der Waals surface area contributed by atoms with Crippen molar-refractivity contribution in [3.05, 3.63) is 0 Å². The molecular formula is C7H14N2O. The van der Waals surface area contributed by atoms with E-state index in [1.165, 1.54) is 12.8 Å². The Morgan fingerprint density at radius 2 is 2.00 bits per heavy atom. The van der Waals surface area contributed by atoms with Crippen LogP contribution in [0.4, 0.5) is 0 Å². The fourth-order valence-electron chi connectivity index (χ4n) is 1.58. The summed E-state index contributed by atoms with van der Waals surface area (Å²) in [6.07, 6.45) is 2.33. The minimum Gasteiger partial charge on any atom is -0.390 e. The Morgan fingerprint density at radius 3 is 2.40 bits per heavy atom. The van der Waals surface area contributed by atoms with Crippen LogP contribution in [0.15, 0.2) is 0 Å². The van der Waals surface area contributed by atoms with Crippen molar-refractivity contribution in [2.75, 3.05) is 13.1 Å². The van der Waals surface area contributed by atoms with Crippen LogP contribution in [0.2, 0.25) is 0 Å². The van der Waals surface area contributed by atoms with Crippen molar-refractivity contribution in [2.24, 2.45) is 5.73 Å². The molecule has 58 valence electrons. The molecule has 2 unspecified atom stereocenters. The molecule has 2 fully saturated rings. The molecule has 0 radical (unpaired) electrons. The maximum atomic E-state index is 9.28. The normalized spacial score (nSPS) is 42.6. The molecule has 1 heterocycles. The van der Waals surface area contributed by atoms with Gasteiger partial charge in [0.25, 0.3) is 0 Å². The third-order valence-electron chi connectivity index (χ3n) is 2.42. The van der Waals surface area contributed by atoms with Gasteiger partial charge in [-0.1, -0.05) is 0 Å². The van der Waals surface area contributed by atoms with E-state index in [-0.39, 0.29) is 12.1 Å². The van der Waals surface area contributed by atoms with Gasteiger partial charge in [0.15, 0.2) is 0 Å². The summed E-state index contributed by atoms with van der Waals surface area (Å²) in [5, 5.41) is 9.28.